The Morgan fingerprint density at radius 2 is 2.23 bits per heavy atom. The Morgan fingerprint density at radius 3 is 2.38 bits per heavy atom. The third kappa shape index (κ3) is 5.56. The molecular weight excluding hydrogens is 182 g/mol. The highest BCUT2D eigenvalue weighted by Gasteiger charge is 2.27. The molecule has 0 aromatic rings. The molecule has 0 aromatic carbocycles. The van der Waals surface area contributed by atoms with E-state index in [1.807, 2.05) is 0 Å². The van der Waals surface area contributed by atoms with Crippen LogP contribution < -0.4 is 5.84 Å². The quantitative estimate of drug-likeness (QED) is 0.220. The molecular formula is C4H9N5O4. The minimum atomic E-state index is -1.75. The van der Waals surface area contributed by atoms with Gasteiger partial charge in [-0.25, -0.2) is 5.84 Å². The lowest BCUT2D eigenvalue weighted by molar-refractivity contribution is -0.402. The van der Waals surface area contributed by atoms with Crippen LogP contribution in [0.2, 0.25) is 0 Å². The van der Waals surface area contributed by atoms with Gasteiger partial charge in [0, 0.05) is 0 Å². The molecule has 0 radical (unpaired) electrons. The van der Waals surface area contributed by atoms with Crippen molar-refractivity contribution in [1.82, 2.24) is 10.0 Å². The Bertz CT molecular complexity index is 191. The van der Waals surface area contributed by atoms with Crippen molar-refractivity contribution in [2.24, 2.45) is 10.9 Å². The number of aliphatic hydroxyl groups is 1. The Morgan fingerprint density at radius 1 is 1.77 bits per heavy atom. The van der Waals surface area contributed by atoms with E-state index in [-0.39, 0.29) is 0 Å². The predicted molar refractivity (Wildman–Crippen MR) is 42.2 cm³/mol. The maximum atomic E-state index is 8.88. The molecule has 0 saturated carbocycles. The van der Waals surface area contributed by atoms with Crippen LogP contribution in [-0.4, -0.2) is 39.4 Å². The van der Waals surface area contributed by atoms with Crippen LogP contribution in [0.4, 0.5) is 0 Å². The van der Waals surface area contributed by atoms with Gasteiger partial charge in [0.05, 0.1) is 5.09 Å². The third-order valence-electron chi connectivity index (χ3n) is 1.03. The molecule has 0 amide bonds. The van der Waals surface area contributed by atoms with Crippen molar-refractivity contribution >= 4 is 6.34 Å². The number of nitrogens with two attached hydrogens (primary N) is 1. The summed E-state index contributed by atoms with van der Waals surface area (Å²) in [5.41, 5.74) is 0. The van der Waals surface area contributed by atoms with Crippen LogP contribution in [0.15, 0.2) is 5.10 Å². The summed E-state index contributed by atoms with van der Waals surface area (Å²) >= 11 is 0. The van der Waals surface area contributed by atoms with Gasteiger partial charge in [0.1, 0.15) is 11.3 Å². The van der Waals surface area contributed by atoms with E-state index in [0.29, 0.717) is 6.67 Å². The highest BCUT2D eigenvalue weighted by molar-refractivity contribution is 5.54. The van der Waals surface area contributed by atoms with Gasteiger partial charge in [-0.15, -0.1) is 0 Å². The molecule has 0 fully saturated rings. The normalized spacial score (nSPS) is 15.9. The monoisotopic (exact) mass is 191 g/mol. The molecule has 1 heterocycles. The average Bonchev–Trinajstić information content (AvgIpc) is 2.34. The maximum Gasteiger partial charge on any atom is 0.561 e. The zero-order chi connectivity index (χ0) is 10.4. The Hall–Kier alpha value is -1.70. The number of hydrazone groups is 1. The fraction of sp³-hybridized carbons (Fsp3) is 0.750. The molecule has 13 heavy (non-hydrogen) atoms. The van der Waals surface area contributed by atoms with Crippen LogP contribution in [0.3, 0.4) is 0 Å². The summed E-state index contributed by atoms with van der Waals surface area (Å²) in [6.45, 7) is 2.02. The minimum Gasteiger partial charge on any atom is -0.372 e. The number of rotatable bonds is 1. The van der Waals surface area contributed by atoms with E-state index in [1.165, 1.54) is 10.0 Å². The number of nitrogens with zero attached hydrogens (tertiary/aromatic N) is 4. The Kier molecular flexibility index (Phi) is 4.38. The molecule has 0 bridgehead atoms. The van der Waals surface area contributed by atoms with E-state index in [4.69, 9.17) is 26.3 Å². The molecule has 1 unspecified atom stereocenters. The molecule has 9 heteroatoms. The van der Waals surface area contributed by atoms with Crippen molar-refractivity contribution in [2.75, 3.05) is 6.67 Å². The molecule has 0 aromatic heterocycles. The highest BCUT2D eigenvalue weighted by Crippen LogP contribution is 2.00. The smallest absolute Gasteiger partial charge is 0.372 e. The van der Waals surface area contributed by atoms with Gasteiger partial charge < -0.3 is 20.4 Å². The number of aliphatic hydroxyl groups excluding tert-OH is 1. The average molecular weight is 191 g/mol. The lowest BCUT2D eigenvalue weighted by Crippen LogP contribution is -2.35. The first-order valence-corrected chi connectivity index (χ1v) is 3.18. The van der Waals surface area contributed by atoms with Crippen LogP contribution in [0.1, 0.15) is 6.92 Å². The standard InChI is InChI=1S/C4H9N4O.NO3/c1-4(9)8-3-7(5)2-6-8;2-1(3)4/h4,9H,3,5H2,1H3;/q+1;-1. The van der Waals surface area contributed by atoms with Crippen LogP contribution in [0.25, 0.3) is 0 Å². The van der Waals surface area contributed by atoms with Gasteiger partial charge >= 0.3 is 6.34 Å². The van der Waals surface area contributed by atoms with Gasteiger partial charge in [-0.2, -0.15) is 5.01 Å². The summed E-state index contributed by atoms with van der Waals surface area (Å²) in [5.74, 6) is 5.24. The van der Waals surface area contributed by atoms with Gasteiger partial charge in [0.15, 0.2) is 6.67 Å². The van der Waals surface area contributed by atoms with Gasteiger partial charge in [-0.05, 0) is 6.92 Å². The third-order valence-corrected chi connectivity index (χ3v) is 1.03. The van der Waals surface area contributed by atoms with Crippen LogP contribution in [-0.2, 0) is 0 Å². The topological polar surface area (TPSA) is 131 Å². The van der Waals surface area contributed by atoms with Crippen molar-refractivity contribution in [2.45, 2.75) is 13.2 Å². The molecule has 1 atom stereocenters. The Labute approximate surface area is 73.7 Å². The van der Waals surface area contributed by atoms with E-state index < -0.39 is 11.3 Å². The SMILES string of the molecule is CC(O)N1CN(N)[C+]=N1.O=[N+]([O-])[O-]. The summed E-state index contributed by atoms with van der Waals surface area (Å²) in [6, 6.07) is 0. The van der Waals surface area contributed by atoms with E-state index in [1.54, 1.807) is 6.92 Å². The van der Waals surface area contributed by atoms with Gasteiger partial charge in [-0.1, -0.05) is 5.01 Å². The molecule has 1 aliphatic rings. The van der Waals surface area contributed by atoms with Crippen molar-refractivity contribution in [1.29, 1.82) is 0 Å². The fourth-order valence-corrected chi connectivity index (χ4v) is 0.536. The highest BCUT2D eigenvalue weighted by atomic mass is 16.9. The molecule has 0 saturated heterocycles. The van der Waals surface area contributed by atoms with Gasteiger partial charge in [-0.3, -0.25) is 0 Å². The molecule has 1 rings (SSSR count). The number of hydrogen-bond acceptors (Lipinski definition) is 8. The second kappa shape index (κ2) is 5.04. The Balaban J connectivity index is 0.000000310. The largest absolute Gasteiger partial charge is 0.561 e. The van der Waals surface area contributed by atoms with E-state index >= 15 is 0 Å². The van der Waals surface area contributed by atoms with Crippen LogP contribution in [0.5, 0.6) is 0 Å². The summed E-state index contributed by atoms with van der Waals surface area (Å²) in [7, 11) is 0. The number of hydrogen-bond donors (Lipinski definition) is 2. The molecule has 74 valence electrons. The van der Waals surface area contributed by atoms with E-state index in [2.05, 4.69) is 11.4 Å². The van der Waals surface area contributed by atoms with Crippen LogP contribution in [0, 0.1) is 15.3 Å². The first kappa shape index (κ1) is 11.3. The van der Waals surface area contributed by atoms with Crippen molar-refractivity contribution in [3.8, 4) is 0 Å². The molecule has 9 nitrogen and oxygen atoms in total. The summed E-state index contributed by atoms with van der Waals surface area (Å²) in [6.07, 6.45) is 1.86. The van der Waals surface area contributed by atoms with Crippen molar-refractivity contribution in [3.05, 3.63) is 15.3 Å². The van der Waals surface area contributed by atoms with Gasteiger partial charge in [0.2, 0.25) is 0 Å². The molecule has 0 aliphatic carbocycles. The first-order chi connectivity index (χ1) is 5.93. The zero-order valence-electron chi connectivity index (χ0n) is 6.82. The molecule has 1 aliphatic heterocycles. The zero-order valence-corrected chi connectivity index (χ0v) is 6.82. The van der Waals surface area contributed by atoms with E-state index in [9.17, 15) is 0 Å². The summed E-state index contributed by atoms with van der Waals surface area (Å²) < 4.78 is 0. The van der Waals surface area contributed by atoms with Crippen LogP contribution >= 0.6 is 0 Å². The van der Waals surface area contributed by atoms with Crippen molar-refractivity contribution < 1.29 is 10.2 Å². The second-order valence-electron chi connectivity index (χ2n) is 2.11. The summed E-state index contributed by atoms with van der Waals surface area (Å²) in [5, 5.41) is 30.0. The maximum absolute atomic E-state index is 8.88. The molecule has 0 spiro atoms. The summed E-state index contributed by atoms with van der Waals surface area (Å²) in [4.78, 5) is 8.25. The van der Waals surface area contributed by atoms with Gasteiger partial charge in [0.25, 0.3) is 0 Å². The second-order valence-corrected chi connectivity index (χ2v) is 2.11. The molecule has 3 N–H and O–H groups in total. The number of hydrazine groups is 1. The van der Waals surface area contributed by atoms with Crippen molar-refractivity contribution in [3.63, 3.8) is 0 Å². The fourth-order valence-electron chi connectivity index (χ4n) is 0.536. The lowest BCUT2D eigenvalue weighted by Gasteiger charge is -2.10. The lowest BCUT2D eigenvalue weighted by atomic mass is 10.6. The minimum absolute atomic E-state index is 0.400. The van der Waals surface area contributed by atoms with E-state index in [0.717, 1.165) is 0 Å². The first-order valence-electron chi connectivity index (χ1n) is 3.18. The predicted octanol–water partition coefficient (Wildman–Crippen LogP) is -1.65.